The maximum atomic E-state index is 9.82. The zero-order valence-electron chi connectivity index (χ0n) is 21.6. The van der Waals surface area contributed by atoms with Crippen LogP contribution in [0.15, 0.2) is 36.4 Å². The average Bonchev–Trinajstić information content (AvgIpc) is 3.29. The number of rotatable bonds is 5. The number of hydrogen-bond acceptors (Lipinski definition) is 9. The summed E-state index contributed by atoms with van der Waals surface area (Å²) >= 11 is 0. The van der Waals surface area contributed by atoms with E-state index in [1.54, 1.807) is 7.11 Å². The Hall–Kier alpha value is -3.21. The van der Waals surface area contributed by atoms with Gasteiger partial charge < -0.3 is 24.2 Å². The van der Waals surface area contributed by atoms with Gasteiger partial charge in [-0.15, -0.1) is 0 Å². The molecule has 3 aliphatic heterocycles. The molecular formula is C27H34N6O4. The van der Waals surface area contributed by atoms with Crippen LogP contribution in [0.3, 0.4) is 0 Å². The Labute approximate surface area is 216 Å². The number of aryl methyl sites for hydroxylation is 1. The fourth-order valence-electron chi connectivity index (χ4n) is 5.79. The van der Waals surface area contributed by atoms with Gasteiger partial charge in [-0.1, -0.05) is 0 Å². The summed E-state index contributed by atoms with van der Waals surface area (Å²) in [5.41, 5.74) is 4.33. The van der Waals surface area contributed by atoms with Crippen LogP contribution in [0.1, 0.15) is 36.8 Å². The number of anilines is 1. The van der Waals surface area contributed by atoms with Gasteiger partial charge in [0.25, 0.3) is 0 Å². The van der Waals surface area contributed by atoms with Crippen molar-refractivity contribution in [1.29, 1.82) is 0 Å². The maximum Gasteiger partial charge on any atom is 0.320 e. The summed E-state index contributed by atoms with van der Waals surface area (Å²) in [6.45, 7) is 9.03. The molecule has 1 N–H and O–H groups in total. The van der Waals surface area contributed by atoms with Crippen molar-refractivity contribution in [2.45, 2.75) is 44.7 Å². The standard InChI is InChI=1S/C27H34N6O4/c1-17-8-20-11-28-33(24(20)9-23(17)19-4-6-31(7-5-19)22-15-37-16-22)26-10-25(29-27(30-26)35-3)32-18(2)13-36-14-21(32)12-34/h8-12,18-19,22,34H,4-7,13-16H2,1-3H3/b21-12+. The quantitative estimate of drug-likeness (QED) is 0.523. The van der Waals surface area contributed by atoms with E-state index < -0.39 is 0 Å². The van der Waals surface area contributed by atoms with Crippen molar-refractivity contribution in [3.63, 3.8) is 0 Å². The Bertz CT molecular complexity index is 1310. The van der Waals surface area contributed by atoms with Crippen LogP contribution in [0.4, 0.5) is 5.82 Å². The van der Waals surface area contributed by atoms with Crippen molar-refractivity contribution in [3.05, 3.63) is 47.5 Å². The molecule has 1 aromatic carbocycles. The maximum absolute atomic E-state index is 9.82. The molecule has 0 saturated carbocycles. The fraction of sp³-hybridized carbons (Fsp3) is 0.519. The molecule has 0 aliphatic carbocycles. The van der Waals surface area contributed by atoms with E-state index in [9.17, 15) is 5.11 Å². The first-order valence-electron chi connectivity index (χ1n) is 13.0. The van der Waals surface area contributed by atoms with E-state index >= 15 is 0 Å². The highest BCUT2D eigenvalue weighted by Crippen LogP contribution is 2.35. The predicted octanol–water partition coefficient (Wildman–Crippen LogP) is 3.34. The largest absolute Gasteiger partial charge is 0.514 e. The number of benzene rings is 1. The molecule has 2 aromatic heterocycles. The van der Waals surface area contributed by atoms with Crippen LogP contribution >= 0.6 is 0 Å². The normalized spacial score (nSPS) is 23.1. The second kappa shape index (κ2) is 9.92. The third-order valence-electron chi connectivity index (χ3n) is 7.90. The summed E-state index contributed by atoms with van der Waals surface area (Å²) in [6.07, 6.45) is 5.25. The molecule has 5 heterocycles. The van der Waals surface area contributed by atoms with Crippen molar-refractivity contribution in [2.24, 2.45) is 0 Å². The lowest BCUT2D eigenvalue weighted by molar-refractivity contribution is -0.0712. The second-order valence-electron chi connectivity index (χ2n) is 10.3. The minimum atomic E-state index is -0.0133. The van der Waals surface area contributed by atoms with Gasteiger partial charge in [0.1, 0.15) is 12.1 Å². The van der Waals surface area contributed by atoms with Gasteiger partial charge in [0, 0.05) is 11.5 Å². The van der Waals surface area contributed by atoms with Crippen molar-refractivity contribution in [3.8, 4) is 11.8 Å². The van der Waals surface area contributed by atoms with Crippen LogP contribution in [-0.4, -0.2) is 88.5 Å². The van der Waals surface area contributed by atoms with Crippen LogP contribution in [-0.2, 0) is 9.47 Å². The molecule has 196 valence electrons. The summed E-state index contributed by atoms with van der Waals surface area (Å²) < 4.78 is 18.3. The number of fused-ring (bicyclic) bond motifs is 1. The molecule has 10 nitrogen and oxygen atoms in total. The van der Waals surface area contributed by atoms with Crippen molar-refractivity contribution in [2.75, 3.05) is 51.5 Å². The smallest absolute Gasteiger partial charge is 0.320 e. The van der Waals surface area contributed by atoms with Crippen LogP contribution in [0.2, 0.25) is 0 Å². The van der Waals surface area contributed by atoms with E-state index in [1.807, 2.05) is 28.8 Å². The summed E-state index contributed by atoms with van der Waals surface area (Å²) in [7, 11) is 1.55. The minimum Gasteiger partial charge on any atom is -0.514 e. The number of aliphatic hydroxyl groups is 1. The molecule has 3 aromatic rings. The monoisotopic (exact) mass is 506 g/mol. The first-order valence-corrected chi connectivity index (χ1v) is 13.0. The third kappa shape index (κ3) is 4.43. The highest BCUT2D eigenvalue weighted by Gasteiger charge is 2.31. The Morgan fingerprint density at radius 3 is 2.54 bits per heavy atom. The SMILES string of the molecule is COc1nc(N2/C(=C/O)COCC2C)cc(-n2ncc3cc(C)c(C4CCN(C5COC5)CC4)cc32)n1. The van der Waals surface area contributed by atoms with E-state index in [4.69, 9.17) is 19.3 Å². The van der Waals surface area contributed by atoms with E-state index in [0.717, 1.165) is 56.3 Å². The number of aliphatic hydroxyl groups excluding tert-OH is 1. The first kappa shape index (κ1) is 24.1. The second-order valence-corrected chi connectivity index (χ2v) is 10.3. The summed E-state index contributed by atoms with van der Waals surface area (Å²) in [4.78, 5) is 13.8. The number of likely N-dealkylation sites (tertiary alicyclic amines) is 1. The van der Waals surface area contributed by atoms with Crippen molar-refractivity contribution in [1.82, 2.24) is 24.6 Å². The highest BCUT2D eigenvalue weighted by atomic mass is 16.5. The Balaban J connectivity index is 1.36. The number of aromatic nitrogens is 4. The van der Waals surface area contributed by atoms with Gasteiger partial charge in [0.05, 0.1) is 63.0 Å². The molecule has 1 atom stereocenters. The average molecular weight is 507 g/mol. The Morgan fingerprint density at radius 1 is 1.05 bits per heavy atom. The number of piperidine rings is 1. The molecule has 3 fully saturated rings. The number of morpholine rings is 1. The number of methoxy groups -OCH3 is 1. The van der Waals surface area contributed by atoms with E-state index in [2.05, 4.69) is 33.9 Å². The molecular weight excluding hydrogens is 472 g/mol. The molecule has 10 heteroatoms. The van der Waals surface area contributed by atoms with Crippen LogP contribution in [0, 0.1) is 6.92 Å². The molecule has 1 unspecified atom stereocenters. The minimum absolute atomic E-state index is 0.0133. The zero-order valence-corrected chi connectivity index (χ0v) is 21.6. The topological polar surface area (TPSA) is 98.0 Å². The van der Waals surface area contributed by atoms with Gasteiger partial charge in [-0.05, 0) is 69.0 Å². The highest BCUT2D eigenvalue weighted by molar-refractivity contribution is 5.82. The lowest BCUT2D eigenvalue weighted by Crippen LogP contribution is -2.51. The molecule has 0 radical (unpaired) electrons. The molecule has 0 spiro atoms. The van der Waals surface area contributed by atoms with Gasteiger partial charge in [-0.3, -0.25) is 4.90 Å². The van der Waals surface area contributed by atoms with E-state index in [0.29, 0.717) is 42.5 Å². The van der Waals surface area contributed by atoms with Crippen LogP contribution in [0.25, 0.3) is 16.7 Å². The Morgan fingerprint density at radius 2 is 1.84 bits per heavy atom. The fourth-order valence-corrected chi connectivity index (χ4v) is 5.79. The Kier molecular flexibility index (Phi) is 6.48. The molecule has 0 amide bonds. The molecule has 3 aliphatic rings. The van der Waals surface area contributed by atoms with Gasteiger partial charge >= 0.3 is 6.01 Å². The summed E-state index contributed by atoms with van der Waals surface area (Å²) in [6, 6.07) is 7.24. The summed E-state index contributed by atoms with van der Waals surface area (Å²) in [5, 5.41) is 15.6. The first-order chi connectivity index (χ1) is 18.1. The van der Waals surface area contributed by atoms with E-state index in [-0.39, 0.29) is 12.1 Å². The number of hydrogen-bond donors (Lipinski definition) is 1. The number of nitrogens with zero attached hydrogens (tertiary/aromatic N) is 6. The van der Waals surface area contributed by atoms with Crippen LogP contribution < -0.4 is 9.64 Å². The van der Waals surface area contributed by atoms with Gasteiger partial charge in [-0.25, -0.2) is 4.68 Å². The third-order valence-corrected chi connectivity index (χ3v) is 7.90. The lowest BCUT2D eigenvalue weighted by atomic mass is 9.85. The molecule has 6 rings (SSSR count). The van der Waals surface area contributed by atoms with Crippen molar-refractivity contribution >= 4 is 16.7 Å². The van der Waals surface area contributed by atoms with E-state index in [1.165, 1.54) is 11.1 Å². The van der Waals surface area contributed by atoms with Gasteiger partial charge in [-0.2, -0.15) is 15.1 Å². The number of ether oxygens (including phenoxy) is 3. The molecule has 0 bridgehead atoms. The zero-order chi connectivity index (χ0) is 25.5. The van der Waals surface area contributed by atoms with Crippen molar-refractivity contribution < 1.29 is 19.3 Å². The lowest BCUT2D eigenvalue weighted by Gasteiger charge is -2.41. The summed E-state index contributed by atoms with van der Waals surface area (Å²) in [5.74, 6) is 1.76. The predicted molar refractivity (Wildman–Crippen MR) is 140 cm³/mol. The van der Waals surface area contributed by atoms with Gasteiger partial charge in [0.15, 0.2) is 5.82 Å². The molecule has 37 heavy (non-hydrogen) atoms. The van der Waals surface area contributed by atoms with Gasteiger partial charge in [0.2, 0.25) is 0 Å². The molecule has 3 saturated heterocycles. The van der Waals surface area contributed by atoms with Crippen LogP contribution in [0.5, 0.6) is 6.01 Å².